The maximum absolute atomic E-state index is 12.2. The lowest BCUT2D eigenvalue weighted by Gasteiger charge is -2.40. The molecule has 0 bridgehead atoms. The van der Waals surface area contributed by atoms with Crippen molar-refractivity contribution in [3.63, 3.8) is 0 Å². The van der Waals surface area contributed by atoms with E-state index < -0.39 is 0 Å². The molecule has 2 N–H and O–H groups in total. The first-order chi connectivity index (χ1) is 9.72. The van der Waals surface area contributed by atoms with Crippen LogP contribution in [0.3, 0.4) is 0 Å². The zero-order valence-electron chi connectivity index (χ0n) is 11.9. The van der Waals surface area contributed by atoms with Crippen molar-refractivity contribution < 1.29 is 9.53 Å². The van der Waals surface area contributed by atoms with Gasteiger partial charge in [-0.3, -0.25) is 4.79 Å². The molecule has 20 heavy (non-hydrogen) atoms. The third kappa shape index (κ3) is 2.59. The van der Waals surface area contributed by atoms with E-state index in [-0.39, 0.29) is 17.5 Å². The van der Waals surface area contributed by atoms with Crippen LogP contribution in [0.5, 0.6) is 0 Å². The SMILES string of the molecule is NCC1(CC(=O)OC2CCCc3ccccc32)CCC1. The molecule has 1 unspecified atom stereocenters. The highest BCUT2D eigenvalue weighted by molar-refractivity contribution is 5.71. The number of benzene rings is 1. The fourth-order valence-electron chi connectivity index (χ4n) is 3.47. The number of carbonyl (C=O) groups is 1. The summed E-state index contributed by atoms with van der Waals surface area (Å²) in [5, 5.41) is 0. The average molecular weight is 273 g/mol. The lowest BCUT2D eigenvalue weighted by Crippen LogP contribution is -2.39. The van der Waals surface area contributed by atoms with Crippen LogP contribution in [0.1, 0.15) is 55.8 Å². The van der Waals surface area contributed by atoms with Crippen LogP contribution < -0.4 is 5.73 Å². The monoisotopic (exact) mass is 273 g/mol. The molecule has 1 aromatic carbocycles. The van der Waals surface area contributed by atoms with Crippen LogP contribution in [-0.4, -0.2) is 12.5 Å². The molecule has 0 radical (unpaired) electrons. The van der Waals surface area contributed by atoms with Crippen LogP contribution >= 0.6 is 0 Å². The predicted molar refractivity (Wildman–Crippen MR) is 78.2 cm³/mol. The zero-order chi connectivity index (χ0) is 14.0. The third-order valence-electron chi connectivity index (χ3n) is 4.95. The summed E-state index contributed by atoms with van der Waals surface area (Å²) in [7, 11) is 0. The van der Waals surface area contributed by atoms with Gasteiger partial charge in [0.05, 0.1) is 6.42 Å². The molecule has 0 amide bonds. The van der Waals surface area contributed by atoms with Gasteiger partial charge >= 0.3 is 5.97 Å². The third-order valence-corrected chi connectivity index (χ3v) is 4.95. The van der Waals surface area contributed by atoms with E-state index in [1.54, 1.807) is 0 Å². The number of fused-ring (bicyclic) bond motifs is 1. The molecule has 0 heterocycles. The lowest BCUT2D eigenvalue weighted by atomic mass is 9.67. The minimum absolute atomic E-state index is 0.0330. The van der Waals surface area contributed by atoms with Gasteiger partial charge in [-0.25, -0.2) is 0 Å². The number of carbonyl (C=O) groups excluding carboxylic acids is 1. The standard InChI is InChI=1S/C17H23NO2/c18-12-17(9-4-10-17)11-16(19)20-15-8-3-6-13-5-1-2-7-14(13)15/h1-2,5,7,15H,3-4,6,8-12,18H2. The van der Waals surface area contributed by atoms with Crippen molar-refractivity contribution >= 4 is 5.97 Å². The lowest BCUT2D eigenvalue weighted by molar-refractivity contribution is -0.154. The average Bonchev–Trinajstić information content (AvgIpc) is 2.43. The number of rotatable bonds is 4. The number of hydrogen-bond acceptors (Lipinski definition) is 3. The minimum atomic E-state index is -0.0724. The number of hydrogen-bond donors (Lipinski definition) is 1. The molecule has 3 heteroatoms. The smallest absolute Gasteiger partial charge is 0.307 e. The molecule has 0 spiro atoms. The first-order valence-corrected chi connectivity index (χ1v) is 7.70. The summed E-state index contributed by atoms with van der Waals surface area (Å²) in [4.78, 5) is 12.2. The molecule has 1 saturated carbocycles. The first-order valence-electron chi connectivity index (χ1n) is 7.70. The Hall–Kier alpha value is -1.35. The van der Waals surface area contributed by atoms with Gasteiger partial charge in [0.25, 0.3) is 0 Å². The van der Waals surface area contributed by atoms with Crippen molar-refractivity contribution in [1.82, 2.24) is 0 Å². The Kier molecular flexibility index (Phi) is 3.79. The summed E-state index contributed by atoms with van der Waals surface area (Å²) in [5.74, 6) is -0.0724. The number of aryl methyl sites for hydroxylation is 1. The van der Waals surface area contributed by atoms with Gasteiger partial charge in [0.2, 0.25) is 0 Å². The summed E-state index contributed by atoms with van der Waals surface area (Å²) >= 11 is 0. The van der Waals surface area contributed by atoms with Crippen LogP contribution in [0, 0.1) is 5.41 Å². The first kappa shape index (κ1) is 13.6. The van der Waals surface area contributed by atoms with Gasteiger partial charge in [-0.05, 0) is 55.2 Å². The summed E-state index contributed by atoms with van der Waals surface area (Å²) in [6.07, 6.45) is 6.90. The van der Waals surface area contributed by atoms with Gasteiger partial charge in [0, 0.05) is 0 Å². The molecule has 1 aromatic rings. The van der Waals surface area contributed by atoms with Crippen molar-refractivity contribution in [3.05, 3.63) is 35.4 Å². The number of ether oxygens (including phenoxy) is 1. The largest absolute Gasteiger partial charge is 0.457 e. The Morgan fingerprint density at radius 3 is 2.80 bits per heavy atom. The topological polar surface area (TPSA) is 52.3 Å². The summed E-state index contributed by atoms with van der Waals surface area (Å²) in [6, 6.07) is 8.32. The van der Waals surface area contributed by atoms with Gasteiger partial charge < -0.3 is 10.5 Å². The van der Waals surface area contributed by atoms with Crippen molar-refractivity contribution in [3.8, 4) is 0 Å². The van der Waals surface area contributed by atoms with E-state index in [9.17, 15) is 4.79 Å². The van der Waals surface area contributed by atoms with Gasteiger partial charge in [-0.1, -0.05) is 30.7 Å². The van der Waals surface area contributed by atoms with Gasteiger partial charge in [-0.2, -0.15) is 0 Å². The molecule has 0 aliphatic heterocycles. The van der Waals surface area contributed by atoms with Crippen molar-refractivity contribution in [1.29, 1.82) is 0 Å². The van der Waals surface area contributed by atoms with Crippen LogP contribution in [0.4, 0.5) is 0 Å². The van der Waals surface area contributed by atoms with Crippen molar-refractivity contribution in [2.75, 3.05) is 6.54 Å². The molecular formula is C17H23NO2. The Labute approximate surface area is 120 Å². The fraction of sp³-hybridized carbons (Fsp3) is 0.588. The molecular weight excluding hydrogens is 250 g/mol. The Balaban J connectivity index is 1.65. The second kappa shape index (κ2) is 5.57. The Morgan fingerprint density at radius 1 is 1.30 bits per heavy atom. The quantitative estimate of drug-likeness (QED) is 0.857. The van der Waals surface area contributed by atoms with E-state index in [0.717, 1.165) is 32.1 Å². The van der Waals surface area contributed by atoms with Crippen molar-refractivity contribution in [2.45, 2.75) is 51.0 Å². The normalized spacial score (nSPS) is 23.6. The molecule has 0 saturated heterocycles. The molecule has 1 atom stereocenters. The van der Waals surface area contributed by atoms with E-state index in [0.29, 0.717) is 13.0 Å². The molecule has 3 rings (SSSR count). The van der Waals surface area contributed by atoms with E-state index in [4.69, 9.17) is 10.5 Å². The van der Waals surface area contributed by atoms with Gasteiger partial charge in [0.1, 0.15) is 6.10 Å². The van der Waals surface area contributed by atoms with Gasteiger partial charge in [0.15, 0.2) is 0 Å². The number of nitrogens with two attached hydrogens (primary N) is 1. The second-order valence-electron chi connectivity index (χ2n) is 6.30. The summed E-state index contributed by atoms with van der Waals surface area (Å²) in [5.41, 5.74) is 8.38. The predicted octanol–water partition coefficient (Wildman–Crippen LogP) is 3.13. The van der Waals surface area contributed by atoms with E-state index in [1.807, 2.05) is 6.07 Å². The van der Waals surface area contributed by atoms with Gasteiger partial charge in [-0.15, -0.1) is 0 Å². The highest BCUT2D eigenvalue weighted by Crippen LogP contribution is 2.43. The molecule has 108 valence electrons. The highest BCUT2D eigenvalue weighted by atomic mass is 16.5. The molecule has 0 aromatic heterocycles. The maximum atomic E-state index is 12.2. The fourth-order valence-corrected chi connectivity index (χ4v) is 3.47. The van der Waals surface area contributed by atoms with E-state index >= 15 is 0 Å². The Bertz CT molecular complexity index is 488. The zero-order valence-corrected chi connectivity index (χ0v) is 11.9. The molecule has 2 aliphatic carbocycles. The van der Waals surface area contributed by atoms with E-state index in [1.165, 1.54) is 17.5 Å². The molecule has 1 fully saturated rings. The highest BCUT2D eigenvalue weighted by Gasteiger charge is 2.38. The van der Waals surface area contributed by atoms with E-state index in [2.05, 4.69) is 18.2 Å². The minimum Gasteiger partial charge on any atom is -0.457 e. The molecule has 2 aliphatic rings. The maximum Gasteiger partial charge on any atom is 0.307 e. The van der Waals surface area contributed by atoms with Crippen LogP contribution in [-0.2, 0) is 16.0 Å². The molecule has 3 nitrogen and oxygen atoms in total. The summed E-state index contributed by atoms with van der Waals surface area (Å²) < 4.78 is 5.76. The summed E-state index contributed by atoms with van der Waals surface area (Å²) in [6.45, 7) is 0.601. The van der Waals surface area contributed by atoms with Crippen LogP contribution in [0.2, 0.25) is 0 Å². The van der Waals surface area contributed by atoms with Crippen LogP contribution in [0.25, 0.3) is 0 Å². The Morgan fingerprint density at radius 2 is 2.10 bits per heavy atom. The second-order valence-corrected chi connectivity index (χ2v) is 6.30. The number of esters is 1. The van der Waals surface area contributed by atoms with Crippen molar-refractivity contribution in [2.24, 2.45) is 11.1 Å². The van der Waals surface area contributed by atoms with Crippen LogP contribution in [0.15, 0.2) is 24.3 Å².